The van der Waals surface area contributed by atoms with Crippen molar-refractivity contribution in [2.24, 2.45) is 11.7 Å². The number of hydrogen-bond acceptors (Lipinski definition) is 5. The largest absolute Gasteiger partial charge is 0.466 e. The molecular weight excluding hydrogens is 370 g/mol. The number of hydrogen-bond donors (Lipinski definition) is 2. The summed E-state index contributed by atoms with van der Waals surface area (Å²) in [5, 5.41) is 4.06. The van der Waals surface area contributed by atoms with Crippen LogP contribution in [0.5, 0.6) is 0 Å². The molecule has 29 heavy (non-hydrogen) atoms. The molecular formula is C22H23N3O4. The van der Waals surface area contributed by atoms with E-state index in [-0.39, 0.29) is 13.0 Å². The van der Waals surface area contributed by atoms with E-state index in [0.717, 1.165) is 0 Å². The summed E-state index contributed by atoms with van der Waals surface area (Å²) in [6.45, 7) is 3.62. The molecule has 2 atom stereocenters. The predicted octanol–water partition coefficient (Wildman–Crippen LogP) is 2.56. The van der Waals surface area contributed by atoms with Gasteiger partial charge in [0.05, 0.1) is 29.6 Å². The molecule has 3 aromatic rings. The van der Waals surface area contributed by atoms with Gasteiger partial charge in [-0.1, -0.05) is 43.3 Å². The number of benzene rings is 2. The fourth-order valence-corrected chi connectivity index (χ4v) is 3.39. The minimum atomic E-state index is -1.02. The van der Waals surface area contributed by atoms with Crippen molar-refractivity contribution in [1.82, 2.24) is 10.3 Å². The first kappa shape index (κ1) is 20.3. The lowest BCUT2D eigenvalue weighted by Crippen LogP contribution is -2.49. The average Bonchev–Trinajstić information content (AvgIpc) is 2.69. The van der Waals surface area contributed by atoms with E-state index in [2.05, 4.69) is 10.3 Å². The number of carbonyl (C=O) groups excluding carboxylic acids is 3. The smallest absolute Gasteiger partial charge is 0.306 e. The van der Waals surface area contributed by atoms with Gasteiger partial charge in [-0.15, -0.1) is 0 Å². The van der Waals surface area contributed by atoms with Crippen molar-refractivity contribution in [2.75, 3.05) is 6.61 Å². The summed E-state index contributed by atoms with van der Waals surface area (Å²) in [5.41, 5.74) is 7.28. The molecule has 3 N–H and O–H groups in total. The summed E-state index contributed by atoms with van der Waals surface area (Å²) in [6, 6.07) is 13.6. The van der Waals surface area contributed by atoms with Gasteiger partial charge < -0.3 is 15.8 Å². The molecule has 7 nitrogen and oxygen atoms in total. The van der Waals surface area contributed by atoms with Crippen molar-refractivity contribution >= 4 is 39.6 Å². The molecule has 0 aliphatic carbocycles. The molecule has 0 saturated heterocycles. The molecule has 0 saturated carbocycles. The Kier molecular flexibility index (Phi) is 6.07. The molecule has 1 aromatic heterocycles. The number of nitrogens with two attached hydrogens (primary N) is 1. The fourth-order valence-electron chi connectivity index (χ4n) is 3.39. The summed E-state index contributed by atoms with van der Waals surface area (Å²) in [7, 11) is 0. The molecule has 0 radical (unpaired) electrons. The van der Waals surface area contributed by atoms with Gasteiger partial charge in [0.15, 0.2) is 0 Å². The Labute approximate surface area is 168 Å². The van der Waals surface area contributed by atoms with Gasteiger partial charge in [0.25, 0.3) is 5.91 Å². The predicted molar refractivity (Wildman–Crippen MR) is 110 cm³/mol. The van der Waals surface area contributed by atoms with Gasteiger partial charge in [0, 0.05) is 10.8 Å². The van der Waals surface area contributed by atoms with Crippen molar-refractivity contribution in [1.29, 1.82) is 0 Å². The highest BCUT2D eigenvalue weighted by atomic mass is 16.5. The normalized spacial score (nSPS) is 13.0. The third-order valence-electron chi connectivity index (χ3n) is 4.77. The first-order valence-electron chi connectivity index (χ1n) is 9.45. The molecule has 2 amide bonds. The topological polar surface area (TPSA) is 111 Å². The second-order valence-electron chi connectivity index (χ2n) is 6.86. The number of primary amides is 1. The molecule has 0 aliphatic rings. The van der Waals surface area contributed by atoms with Crippen LogP contribution >= 0.6 is 0 Å². The maximum atomic E-state index is 13.2. The van der Waals surface area contributed by atoms with Crippen LogP contribution < -0.4 is 11.1 Å². The van der Waals surface area contributed by atoms with Gasteiger partial charge in [-0.2, -0.15) is 0 Å². The van der Waals surface area contributed by atoms with Gasteiger partial charge in [0.1, 0.15) is 6.04 Å². The van der Waals surface area contributed by atoms with Crippen LogP contribution in [0.3, 0.4) is 0 Å². The minimum absolute atomic E-state index is 0.0282. The Morgan fingerprint density at radius 2 is 1.59 bits per heavy atom. The number of nitrogens with zero attached hydrogens (tertiary/aromatic N) is 1. The molecule has 0 aliphatic heterocycles. The summed E-state index contributed by atoms with van der Waals surface area (Å²) in [4.78, 5) is 41.6. The van der Waals surface area contributed by atoms with Gasteiger partial charge in [-0.25, -0.2) is 4.98 Å². The third-order valence-corrected chi connectivity index (χ3v) is 4.77. The number of esters is 1. The number of fused-ring (bicyclic) bond motifs is 2. The Balaban J connectivity index is 1.99. The zero-order valence-corrected chi connectivity index (χ0v) is 16.3. The number of carbonyl (C=O) groups is 3. The van der Waals surface area contributed by atoms with E-state index in [4.69, 9.17) is 10.5 Å². The maximum absolute atomic E-state index is 13.2. The minimum Gasteiger partial charge on any atom is -0.466 e. The lowest BCUT2D eigenvalue weighted by molar-refractivity contribution is -0.144. The second-order valence-corrected chi connectivity index (χ2v) is 6.86. The molecule has 150 valence electrons. The first-order valence-corrected chi connectivity index (χ1v) is 9.45. The molecule has 0 fully saturated rings. The van der Waals surface area contributed by atoms with Crippen LogP contribution in [0.2, 0.25) is 0 Å². The van der Waals surface area contributed by atoms with Crippen molar-refractivity contribution in [3.8, 4) is 0 Å². The first-order chi connectivity index (χ1) is 13.9. The Bertz CT molecular complexity index is 1030. The van der Waals surface area contributed by atoms with Crippen LogP contribution in [0.15, 0.2) is 48.5 Å². The van der Waals surface area contributed by atoms with E-state index in [1.807, 2.05) is 48.5 Å². The Morgan fingerprint density at radius 1 is 1.03 bits per heavy atom. The monoisotopic (exact) mass is 393 g/mol. The maximum Gasteiger partial charge on any atom is 0.306 e. The summed E-state index contributed by atoms with van der Waals surface area (Å²) in [5.74, 6) is -2.12. The fraction of sp³-hybridized carbons (Fsp3) is 0.273. The molecule has 0 unspecified atom stereocenters. The number of rotatable bonds is 7. The molecule has 3 rings (SSSR count). The Morgan fingerprint density at radius 3 is 2.10 bits per heavy atom. The molecule has 7 heteroatoms. The van der Waals surface area contributed by atoms with E-state index in [9.17, 15) is 14.4 Å². The van der Waals surface area contributed by atoms with E-state index >= 15 is 0 Å². The number of ether oxygens (including phenoxy) is 1. The van der Waals surface area contributed by atoms with Gasteiger partial charge in [-0.3, -0.25) is 14.4 Å². The van der Waals surface area contributed by atoms with Gasteiger partial charge in [0.2, 0.25) is 5.91 Å². The van der Waals surface area contributed by atoms with E-state index in [1.54, 1.807) is 13.8 Å². The average molecular weight is 393 g/mol. The lowest BCUT2D eigenvalue weighted by atomic mass is 9.96. The van der Waals surface area contributed by atoms with E-state index in [0.29, 0.717) is 27.4 Å². The second kappa shape index (κ2) is 8.68. The van der Waals surface area contributed by atoms with Gasteiger partial charge >= 0.3 is 5.97 Å². The van der Waals surface area contributed by atoms with Crippen LogP contribution in [0, 0.1) is 5.92 Å². The van der Waals surface area contributed by atoms with Crippen LogP contribution in [0.25, 0.3) is 21.8 Å². The standard InChI is InChI=1S/C22H23N3O4/c1-3-29-18(26)12-13(2)20(21(23)27)25-22(28)19-14-8-4-6-10-16(14)24-17-11-7-5-9-15(17)19/h4-11,13,20H,3,12H2,1-2H3,(H2,23,27)(H,25,28)/t13-,20+/m1/s1. The highest BCUT2D eigenvalue weighted by molar-refractivity contribution is 6.16. The number of nitrogens with one attached hydrogen (secondary N) is 1. The zero-order valence-electron chi connectivity index (χ0n) is 16.3. The molecule has 2 aromatic carbocycles. The van der Waals surface area contributed by atoms with E-state index in [1.165, 1.54) is 0 Å². The third kappa shape index (κ3) is 4.34. The van der Waals surface area contributed by atoms with E-state index < -0.39 is 29.7 Å². The summed E-state index contributed by atoms with van der Waals surface area (Å²) in [6.07, 6.45) is -0.0282. The SMILES string of the molecule is CCOC(=O)C[C@@H](C)[C@H](NC(=O)c1c2ccccc2nc2ccccc12)C(N)=O. The summed E-state index contributed by atoms with van der Waals surface area (Å²) < 4.78 is 4.94. The number of para-hydroxylation sites is 2. The van der Waals surface area contributed by atoms with Crippen LogP contribution in [0.4, 0.5) is 0 Å². The van der Waals surface area contributed by atoms with Crippen molar-refractivity contribution in [3.63, 3.8) is 0 Å². The Hall–Kier alpha value is -3.48. The molecule has 1 heterocycles. The number of amides is 2. The van der Waals surface area contributed by atoms with Crippen LogP contribution in [0.1, 0.15) is 30.6 Å². The van der Waals surface area contributed by atoms with Crippen molar-refractivity contribution in [2.45, 2.75) is 26.3 Å². The molecule has 0 bridgehead atoms. The number of aromatic nitrogens is 1. The number of pyridine rings is 1. The summed E-state index contributed by atoms with van der Waals surface area (Å²) >= 11 is 0. The zero-order chi connectivity index (χ0) is 21.0. The molecule has 0 spiro atoms. The lowest BCUT2D eigenvalue weighted by Gasteiger charge is -2.22. The van der Waals surface area contributed by atoms with Crippen LogP contribution in [-0.4, -0.2) is 35.4 Å². The van der Waals surface area contributed by atoms with Crippen molar-refractivity contribution < 1.29 is 19.1 Å². The van der Waals surface area contributed by atoms with Crippen LogP contribution in [-0.2, 0) is 14.3 Å². The van der Waals surface area contributed by atoms with Gasteiger partial charge in [-0.05, 0) is 25.0 Å². The van der Waals surface area contributed by atoms with Crippen molar-refractivity contribution in [3.05, 3.63) is 54.1 Å². The quantitative estimate of drug-likeness (QED) is 0.473. The highest BCUT2D eigenvalue weighted by Gasteiger charge is 2.28. The highest BCUT2D eigenvalue weighted by Crippen LogP contribution is 2.26.